The van der Waals surface area contributed by atoms with Crippen molar-refractivity contribution in [1.82, 2.24) is 14.4 Å². The van der Waals surface area contributed by atoms with Gasteiger partial charge in [-0.15, -0.1) is 0 Å². The summed E-state index contributed by atoms with van der Waals surface area (Å²) in [6, 6.07) is 3.08. The Morgan fingerprint density at radius 3 is 2.38 bits per heavy atom. The number of hydrogen-bond acceptors (Lipinski definition) is 3. The number of alkyl halides is 3. The van der Waals surface area contributed by atoms with E-state index in [9.17, 15) is 22.8 Å². The molecule has 26 heavy (non-hydrogen) atoms. The molecule has 1 aliphatic rings. The van der Waals surface area contributed by atoms with E-state index in [1.165, 1.54) is 12.3 Å². The number of carbonyl (C=O) groups is 1. The van der Waals surface area contributed by atoms with Gasteiger partial charge in [0.05, 0.1) is 11.1 Å². The van der Waals surface area contributed by atoms with Gasteiger partial charge >= 0.3 is 6.18 Å². The van der Waals surface area contributed by atoms with Crippen LogP contribution in [0, 0.1) is 0 Å². The summed E-state index contributed by atoms with van der Waals surface area (Å²) in [5.41, 5.74) is -1.24. The highest BCUT2D eigenvalue weighted by Gasteiger charge is 2.31. The molecule has 1 fully saturated rings. The fourth-order valence-electron chi connectivity index (χ4n) is 3.17. The van der Waals surface area contributed by atoms with Crippen molar-refractivity contribution in [3.63, 3.8) is 0 Å². The predicted molar refractivity (Wildman–Crippen MR) is 92.3 cm³/mol. The summed E-state index contributed by atoms with van der Waals surface area (Å²) in [6.07, 6.45) is -3.09. The number of likely N-dealkylation sites (N-methyl/N-ethyl adjacent to an activating group) is 1. The molecular formula is C18H20F3N3O2. The van der Waals surface area contributed by atoms with Crippen LogP contribution in [-0.2, 0) is 12.7 Å². The van der Waals surface area contributed by atoms with Crippen molar-refractivity contribution in [3.05, 3.63) is 45.7 Å². The van der Waals surface area contributed by atoms with Gasteiger partial charge in [-0.05, 0) is 32.2 Å². The normalized spacial score (nSPS) is 16.3. The van der Waals surface area contributed by atoms with E-state index in [2.05, 4.69) is 4.90 Å². The van der Waals surface area contributed by atoms with E-state index < -0.39 is 23.1 Å². The lowest BCUT2D eigenvalue weighted by molar-refractivity contribution is -0.137. The first-order valence-electron chi connectivity index (χ1n) is 8.44. The van der Waals surface area contributed by atoms with Gasteiger partial charge in [0, 0.05) is 44.3 Å². The first-order valence-corrected chi connectivity index (χ1v) is 8.44. The lowest BCUT2D eigenvalue weighted by Gasteiger charge is -2.32. The second kappa shape index (κ2) is 6.75. The zero-order valence-corrected chi connectivity index (χ0v) is 14.6. The first-order chi connectivity index (χ1) is 12.2. The molecule has 1 saturated heterocycles. The fourth-order valence-corrected chi connectivity index (χ4v) is 3.17. The van der Waals surface area contributed by atoms with Crippen LogP contribution >= 0.6 is 0 Å². The van der Waals surface area contributed by atoms with Gasteiger partial charge in [0.25, 0.3) is 5.91 Å². The van der Waals surface area contributed by atoms with E-state index in [0.29, 0.717) is 38.2 Å². The highest BCUT2D eigenvalue weighted by atomic mass is 19.4. The van der Waals surface area contributed by atoms with Crippen LogP contribution in [0.1, 0.15) is 22.8 Å². The van der Waals surface area contributed by atoms with Gasteiger partial charge < -0.3 is 14.4 Å². The van der Waals surface area contributed by atoms with Crippen LogP contribution < -0.4 is 5.43 Å². The summed E-state index contributed by atoms with van der Waals surface area (Å²) >= 11 is 0. The molecule has 0 unspecified atom stereocenters. The van der Waals surface area contributed by atoms with E-state index in [1.807, 2.05) is 14.0 Å². The standard InChI is InChI=1S/C18H20F3N3O2/c1-3-23-11-14(17(26)24-8-6-22(2)7-9-24)16(25)13-10-12(18(19,20)21)4-5-15(13)23/h4-5,10-11H,3,6-9H2,1-2H3. The Bertz CT molecular complexity index is 897. The minimum atomic E-state index is -4.55. The second-order valence-electron chi connectivity index (χ2n) is 6.48. The Balaban J connectivity index is 2.12. The molecule has 1 amide bonds. The molecule has 2 aromatic rings. The Labute approximate surface area is 148 Å². The highest BCUT2D eigenvalue weighted by molar-refractivity contribution is 5.97. The van der Waals surface area contributed by atoms with Crippen molar-refractivity contribution in [2.24, 2.45) is 0 Å². The number of hydrogen-bond donors (Lipinski definition) is 0. The number of aromatic nitrogens is 1. The first kappa shape index (κ1) is 18.4. The number of aryl methyl sites for hydroxylation is 1. The number of halogens is 3. The van der Waals surface area contributed by atoms with Crippen LogP contribution in [-0.4, -0.2) is 53.5 Å². The Kier molecular flexibility index (Phi) is 4.79. The third-order valence-electron chi connectivity index (χ3n) is 4.77. The molecule has 0 aliphatic carbocycles. The molecule has 0 N–H and O–H groups in total. The van der Waals surface area contributed by atoms with Crippen molar-refractivity contribution in [2.75, 3.05) is 33.2 Å². The molecule has 5 nitrogen and oxygen atoms in total. The summed E-state index contributed by atoms with van der Waals surface area (Å²) in [6.45, 7) is 4.61. The van der Waals surface area contributed by atoms with Gasteiger partial charge in [-0.2, -0.15) is 13.2 Å². The summed E-state index contributed by atoms with van der Waals surface area (Å²) in [5.74, 6) is -0.426. The van der Waals surface area contributed by atoms with Crippen molar-refractivity contribution in [1.29, 1.82) is 0 Å². The molecule has 3 rings (SSSR count). The van der Waals surface area contributed by atoms with E-state index in [0.717, 1.165) is 12.1 Å². The zero-order valence-electron chi connectivity index (χ0n) is 14.6. The summed E-state index contributed by atoms with van der Waals surface area (Å²) in [5, 5.41) is -0.0818. The topological polar surface area (TPSA) is 45.6 Å². The molecule has 8 heteroatoms. The lowest BCUT2D eigenvalue weighted by atomic mass is 10.1. The van der Waals surface area contributed by atoms with Crippen LogP contribution in [0.25, 0.3) is 10.9 Å². The van der Waals surface area contributed by atoms with Gasteiger partial charge in [0.1, 0.15) is 5.56 Å². The number of carbonyl (C=O) groups excluding carboxylic acids is 1. The molecule has 1 aromatic heterocycles. The van der Waals surface area contributed by atoms with E-state index in [4.69, 9.17) is 0 Å². The fraction of sp³-hybridized carbons (Fsp3) is 0.444. The number of amides is 1. The van der Waals surface area contributed by atoms with E-state index in [-0.39, 0.29) is 10.9 Å². The van der Waals surface area contributed by atoms with Crippen molar-refractivity contribution < 1.29 is 18.0 Å². The molecule has 1 aliphatic heterocycles. The van der Waals surface area contributed by atoms with Gasteiger partial charge in [-0.3, -0.25) is 9.59 Å². The average molecular weight is 367 g/mol. The van der Waals surface area contributed by atoms with Crippen LogP contribution in [0.2, 0.25) is 0 Å². The molecule has 140 valence electrons. The molecule has 0 saturated carbocycles. The van der Waals surface area contributed by atoms with Crippen molar-refractivity contribution in [3.8, 4) is 0 Å². The monoisotopic (exact) mass is 367 g/mol. The van der Waals surface area contributed by atoms with Gasteiger partial charge in [-0.1, -0.05) is 0 Å². The molecule has 0 bridgehead atoms. The molecular weight excluding hydrogens is 347 g/mol. The SMILES string of the molecule is CCn1cc(C(=O)N2CCN(C)CC2)c(=O)c2cc(C(F)(F)F)ccc21. The molecule has 1 aromatic carbocycles. The van der Waals surface area contributed by atoms with Crippen LogP contribution in [0.4, 0.5) is 13.2 Å². The quantitative estimate of drug-likeness (QED) is 0.819. The highest BCUT2D eigenvalue weighted by Crippen LogP contribution is 2.30. The predicted octanol–water partition coefficient (Wildman–Crippen LogP) is 2.43. The molecule has 2 heterocycles. The smallest absolute Gasteiger partial charge is 0.347 e. The second-order valence-corrected chi connectivity index (χ2v) is 6.48. The zero-order chi connectivity index (χ0) is 19.1. The number of piperazine rings is 1. The van der Waals surface area contributed by atoms with E-state index >= 15 is 0 Å². The van der Waals surface area contributed by atoms with Crippen molar-refractivity contribution >= 4 is 16.8 Å². The van der Waals surface area contributed by atoms with Crippen LogP contribution in [0.15, 0.2) is 29.2 Å². The number of benzene rings is 1. The third-order valence-corrected chi connectivity index (χ3v) is 4.77. The average Bonchev–Trinajstić information content (AvgIpc) is 2.61. The van der Waals surface area contributed by atoms with E-state index in [1.54, 1.807) is 9.47 Å². The number of nitrogens with zero attached hydrogens (tertiary/aromatic N) is 3. The summed E-state index contributed by atoms with van der Waals surface area (Å²) in [4.78, 5) is 29.2. The largest absolute Gasteiger partial charge is 0.416 e. The Morgan fingerprint density at radius 1 is 1.15 bits per heavy atom. The number of fused-ring (bicyclic) bond motifs is 1. The van der Waals surface area contributed by atoms with Crippen LogP contribution in [0.5, 0.6) is 0 Å². The maximum Gasteiger partial charge on any atom is 0.416 e. The molecule has 0 spiro atoms. The third kappa shape index (κ3) is 3.33. The summed E-state index contributed by atoms with van der Waals surface area (Å²) in [7, 11) is 1.95. The summed E-state index contributed by atoms with van der Waals surface area (Å²) < 4.78 is 40.7. The minimum Gasteiger partial charge on any atom is -0.347 e. The lowest BCUT2D eigenvalue weighted by Crippen LogP contribution is -2.48. The van der Waals surface area contributed by atoms with Gasteiger partial charge in [0.15, 0.2) is 0 Å². The number of rotatable bonds is 2. The van der Waals surface area contributed by atoms with Crippen molar-refractivity contribution in [2.45, 2.75) is 19.6 Å². The number of pyridine rings is 1. The molecule has 0 radical (unpaired) electrons. The maximum absolute atomic E-state index is 13.0. The van der Waals surface area contributed by atoms with Crippen LogP contribution in [0.3, 0.4) is 0 Å². The van der Waals surface area contributed by atoms with Gasteiger partial charge in [-0.25, -0.2) is 0 Å². The maximum atomic E-state index is 13.0. The Morgan fingerprint density at radius 2 is 1.81 bits per heavy atom. The van der Waals surface area contributed by atoms with Gasteiger partial charge in [0.2, 0.25) is 5.43 Å². The Hall–Kier alpha value is -2.35. The molecule has 0 atom stereocenters. The minimum absolute atomic E-state index is 0.0803.